The predicted octanol–water partition coefficient (Wildman–Crippen LogP) is 0.594. The van der Waals surface area contributed by atoms with Gasteiger partial charge in [0.05, 0.1) is 7.11 Å². The largest absolute Gasteiger partial charge is 0.497 e. The number of rotatable bonds is 5. The van der Waals surface area contributed by atoms with Gasteiger partial charge in [-0.1, -0.05) is 35.8 Å². The molecule has 5 heteroatoms. The van der Waals surface area contributed by atoms with Crippen molar-refractivity contribution in [3.63, 3.8) is 0 Å². The van der Waals surface area contributed by atoms with Crippen LogP contribution in [0, 0.1) is 0 Å². The Bertz CT molecular complexity index is 584. The maximum atomic E-state index is 12.0. The van der Waals surface area contributed by atoms with Gasteiger partial charge in [-0.05, 0) is 23.8 Å². The van der Waals surface area contributed by atoms with Crippen LogP contribution in [0.15, 0.2) is 48.5 Å². The minimum Gasteiger partial charge on any atom is -0.497 e. The second-order valence-electron chi connectivity index (χ2n) is 4.39. The summed E-state index contributed by atoms with van der Waals surface area (Å²) in [5.74, 6) is 0.631. The lowest BCUT2D eigenvalue weighted by Crippen LogP contribution is -2.24. The van der Waals surface area contributed by atoms with Gasteiger partial charge in [-0.25, -0.2) is 0 Å². The summed E-state index contributed by atoms with van der Waals surface area (Å²) in [4.78, 5) is 12.0. The van der Waals surface area contributed by atoms with Gasteiger partial charge in [-0.15, -0.1) is 0 Å². The Labute approximate surface area is 118 Å². The fraction of sp³-hybridized carbons (Fsp3) is 0.133. The molecule has 4 nitrogen and oxygen atoms in total. The van der Waals surface area contributed by atoms with Gasteiger partial charge in [0, 0.05) is 12.1 Å². The molecule has 0 aliphatic heterocycles. The van der Waals surface area contributed by atoms with Gasteiger partial charge >= 0.3 is 7.48 Å². The smallest absolute Gasteiger partial charge is 0.304 e. The third kappa shape index (κ3) is 3.62. The van der Waals surface area contributed by atoms with E-state index in [0.29, 0.717) is 12.1 Å². The lowest BCUT2D eigenvalue weighted by molar-refractivity contribution is 0.0951. The van der Waals surface area contributed by atoms with Crippen molar-refractivity contribution in [2.75, 3.05) is 7.11 Å². The molecule has 0 heterocycles. The number of ether oxygens (including phenoxy) is 1. The summed E-state index contributed by atoms with van der Waals surface area (Å²) in [6.07, 6.45) is 0. The molecule has 102 valence electrons. The maximum Gasteiger partial charge on any atom is 0.304 e. The number of benzene rings is 2. The molecule has 2 rings (SSSR count). The van der Waals surface area contributed by atoms with Gasteiger partial charge < -0.3 is 15.1 Å². The summed E-state index contributed by atoms with van der Waals surface area (Å²) in [5.41, 5.74) is 2.27. The molecule has 2 N–H and O–H groups in total. The molecule has 0 radical (unpaired) electrons. The van der Waals surface area contributed by atoms with E-state index in [1.807, 2.05) is 24.3 Å². The Hall–Kier alpha value is -2.27. The Balaban J connectivity index is 1.97. The van der Waals surface area contributed by atoms with E-state index in [9.17, 15) is 4.79 Å². The van der Waals surface area contributed by atoms with Crippen LogP contribution < -0.4 is 15.5 Å². The first-order chi connectivity index (χ1) is 9.72. The quantitative estimate of drug-likeness (QED) is 0.781. The molecule has 0 unspecified atom stereocenters. The molecule has 0 saturated carbocycles. The molecule has 0 saturated heterocycles. The normalized spacial score (nSPS) is 9.90. The fourth-order valence-electron chi connectivity index (χ4n) is 1.84. The summed E-state index contributed by atoms with van der Waals surface area (Å²) in [7, 11) is 1.55. The van der Waals surface area contributed by atoms with E-state index < -0.39 is 0 Å². The van der Waals surface area contributed by atoms with Gasteiger partial charge in [0.1, 0.15) is 5.75 Å². The van der Waals surface area contributed by atoms with Crippen molar-refractivity contribution in [1.29, 1.82) is 0 Å². The molecule has 0 spiro atoms. The number of nitrogens with one attached hydrogen (secondary N) is 1. The number of amides is 1. The summed E-state index contributed by atoms with van der Waals surface area (Å²) in [5, 5.41) is 11.9. The molecule has 0 atom stereocenters. The van der Waals surface area contributed by atoms with Crippen LogP contribution in [0.2, 0.25) is 0 Å². The molecule has 0 aliphatic carbocycles. The second kappa shape index (κ2) is 6.77. The van der Waals surface area contributed by atoms with Gasteiger partial charge in [0.15, 0.2) is 0 Å². The van der Waals surface area contributed by atoms with E-state index >= 15 is 0 Å². The van der Waals surface area contributed by atoms with Gasteiger partial charge in [-0.2, -0.15) is 0 Å². The molecule has 0 fully saturated rings. The third-order valence-electron chi connectivity index (χ3n) is 2.98. The van der Waals surface area contributed by atoms with Crippen LogP contribution in [-0.2, 0) is 6.54 Å². The fourth-order valence-corrected chi connectivity index (χ4v) is 1.84. The minimum absolute atomic E-state index is 0.0698. The first-order valence-corrected chi connectivity index (χ1v) is 6.34. The van der Waals surface area contributed by atoms with Crippen molar-refractivity contribution in [3.05, 3.63) is 59.7 Å². The zero-order valence-electron chi connectivity index (χ0n) is 11.3. The summed E-state index contributed by atoms with van der Waals surface area (Å²) >= 11 is 0. The van der Waals surface area contributed by atoms with Gasteiger partial charge in [-0.3, -0.25) is 4.79 Å². The predicted molar refractivity (Wildman–Crippen MR) is 79.6 cm³/mol. The Morgan fingerprint density at radius 1 is 1.25 bits per heavy atom. The van der Waals surface area contributed by atoms with E-state index in [4.69, 9.17) is 9.76 Å². The number of hydrogen-bond acceptors (Lipinski definition) is 3. The SMILES string of the molecule is COc1ccc(CNC(=O)c2cccc(BO)c2)cc1. The zero-order chi connectivity index (χ0) is 14.4. The van der Waals surface area contributed by atoms with Crippen LogP contribution >= 0.6 is 0 Å². The highest BCUT2D eigenvalue weighted by Gasteiger charge is 2.06. The average Bonchev–Trinajstić information content (AvgIpc) is 2.53. The molecule has 2 aromatic carbocycles. The number of carbonyl (C=O) groups is 1. The average molecular weight is 269 g/mol. The van der Waals surface area contributed by atoms with Crippen molar-refractivity contribution in [2.24, 2.45) is 0 Å². The minimum atomic E-state index is -0.156. The van der Waals surface area contributed by atoms with Crippen LogP contribution in [0.1, 0.15) is 15.9 Å². The van der Waals surface area contributed by atoms with E-state index in [1.165, 1.54) is 0 Å². The van der Waals surface area contributed by atoms with E-state index in [1.54, 1.807) is 31.4 Å². The Kier molecular flexibility index (Phi) is 4.79. The summed E-state index contributed by atoms with van der Waals surface area (Å²) in [6, 6.07) is 14.5. The Morgan fingerprint density at radius 3 is 2.65 bits per heavy atom. The van der Waals surface area contributed by atoms with Gasteiger partial charge in [0.25, 0.3) is 5.91 Å². The molecule has 20 heavy (non-hydrogen) atoms. The van der Waals surface area contributed by atoms with Crippen LogP contribution in [0.5, 0.6) is 5.75 Å². The number of carbonyl (C=O) groups excluding carboxylic acids is 1. The highest BCUT2D eigenvalue weighted by atomic mass is 16.5. The number of hydrogen-bond donors (Lipinski definition) is 2. The monoisotopic (exact) mass is 269 g/mol. The molecular formula is C15H16BNO3. The lowest BCUT2D eigenvalue weighted by Gasteiger charge is -2.07. The van der Waals surface area contributed by atoms with Crippen molar-refractivity contribution < 1.29 is 14.6 Å². The summed E-state index contributed by atoms with van der Waals surface area (Å²) in [6.45, 7) is 0.451. The van der Waals surface area contributed by atoms with Crippen LogP contribution in [0.25, 0.3) is 0 Å². The van der Waals surface area contributed by atoms with E-state index in [-0.39, 0.29) is 13.4 Å². The van der Waals surface area contributed by atoms with Crippen molar-refractivity contribution in [1.82, 2.24) is 5.32 Å². The standard InChI is InChI=1S/C15H16BNO3/c1-20-14-7-5-11(6-8-14)10-17-15(18)12-3-2-4-13(9-12)16-19/h2-9,16,19H,10H2,1H3,(H,17,18). The molecule has 0 aliphatic rings. The maximum absolute atomic E-state index is 12.0. The van der Waals surface area contributed by atoms with Crippen molar-refractivity contribution >= 4 is 18.9 Å². The van der Waals surface area contributed by atoms with Crippen LogP contribution in [0.3, 0.4) is 0 Å². The highest BCUT2D eigenvalue weighted by Crippen LogP contribution is 2.11. The van der Waals surface area contributed by atoms with Crippen molar-refractivity contribution in [2.45, 2.75) is 6.54 Å². The lowest BCUT2D eigenvalue weighted by atomic mass is 9.87. The van der Waals surface area contributed by atoms with Crippen LogP contribution in [0.4, 0.5) is 0 Å². The molecular weight excluding hydrogens is 253 g/mol. The van der Waals surface area contributed by atoms with E-state index in [2.05, 4.69) is 5.32 Å². The first kappa shape index (κ1) is 14.2. The van der Waals surface area contributed by atoms with Crippen molar-refractivity contribution in [3.8, 4) is 5.75 Å². The third-order valence-corrected chi connectivity index (χ3v) is 2.98. The van der Waals surface area contributed by atoms with Gasteiger partial charge in [0.2, 0.25) is 0 Å². The second-order valence-corrected chi connectivity index (χ2v) is 4.39. The zero-order valence-corrected chi connectivity index (χ0v) is 11.3. The number of methoxy groups -OCH3 is 1. The Morgan fingerprint density at radius 2 is 2.00 bits per heavy atom. The first-order valence-electron chi connectivity index (χ1n) is 6.34. The molecule has 1 amide bonds. The molecule has 2 aromatic rings. The topological polar surface area (TPSA) is 58.6 Å². The molecule has 0 bridgehead atoms. The highest BCUT2D eigenvalue weighted by molar-refractivity contribution is 6.45. The van der Waals surface area contributed by atoms with Crippen LogP contribution in [-0.4, -0.2) is 25.5 Å². The molecule has 0 aromatic heterocycles. The summed E-state index contributed by atoms with van der Waals surface area (Å²) < 4.78 is 5.08. The van der Waals surface area contributed by atoms with E-state index in [0.717, 1.165) is 16.8 Å².